The van der Waals surface area contributed by atoms with E-state index in [1.807, 2.05) is 0 Å². The summed E-state index contributed by atoms with van der Waals surface area (Å²) in [5.41, 5.74) is 10.9. The van der Waals surface area contributed by atoms with Crippen molar-refractivity contribution >= 4 is 78.6 Å². The van der Waals surface area contributed by atoms with E-state index >= 15 is 0 Å². The van der Waals surface area contributed by atoms with Crippen LogP contribution in [-0.4, -0.2) is 94.2 Å². The molecule has 0 aromatic rings. The topological polar surface area (TPSA) is 185 Å². The van der Waals surface area contributed by atoms with Gasteiger partial charge in [0.2, 0.25) is 35.4 Å². The first-order valence-electron chi connectivity index (χ1n) is 13.2. The Kier molecular flexibility index (Phi) is 15.4. The molecular formula is C24H40N6O6S4. The summed E-state index contributed by atoms with van der Waals surface area (Å²) < 4.78 is 0.459. The highest BCUT2D eigenvalue weighted by Crippen LogP contribution is 2.58. The van der Waals surface area contributed by atoms with Gasteiger partial charge in [0.15, 0.2) is 0 Å². The lowest BCUT2D eigenvalue weighted by Gasteiger charge is -2.23. The third-order valence-corrected chi connectivity index (χ3v) is 11.2. The van der Waals surface area contributed by atoms with Crippen molar-refractivity contribution in [2.45, 2.75) is 61.0 Å². The maximum absolute atomic E-state index is 12.8. The zero-order valence-electron chi connectivity index (χ0n) is 22.9. The van der Waals surface area contributed by atoms with Crippen molar-refractivity contribution in [3.63, 3.8) is 0 Å². The van der Waals surface area contributed by atoms with Gasteiger partial charge in [0, 0.05) is 40.0 Å². The summed E-state index contributed by atoms with van der Waals surface area (Å²) in [5, 5.41) is 5.54. The summed E-state index contributed by atoms with van der Waals surface area (Å²) in [5.74, 6) is -2.35. The number of nitrogens with zero attached hydrogens (tertiary/aromatic N) is 2. The number of rotatable bonds is 21. The minimum absolute atomic E-state index is 0.0198. The predicted molar refractivity (Wildman–Crippen MR) is 162 cm³/mol. The smallest absolute Gasteiger partial charge is 0.239 e. The third kappa shape index (κ3) is 13.7. The van der Waals surface area contributed by atoms with Crippen LogP contribution in [0.15, 0.2) is 0 Å². The van der Waals surface area contributed by atoms with Gasteiger partial charge in [-0.2, -0.15) is 0 Å². The summed E-state index contributed by atoms with van der Waals surface area (Å²) in [4.78, 5) is 75.1. The van der Waals surface area contributed by atoms with E-state index in [4.69, 9.17) is 11.5 Å². The number of nitrogens with one attached hydrogen (secondary N) is 2. The van der Waals surface area contributed by atoms with E-state index in [1.165, 1.54) is 16.7 Å². The van der Waals surface area contributed by atoms with Crippen LogP contribution in [0.5, 0.6) is 0 Å². The molecule has 12 nitrogen and oxygen atoms in total. The second-order valence-corrected chi connectivity index (χ2v) is 15.5. The van der Waals surface area contributed by atoms with Crippen LogP contribution in [-0.2, 0) is 28.8 Å². The van der Waals surface area contributed by atoms with E-state index in [1.54, 1.807) is 50.2 Å². The van der Waals surface area contributed by atoms with Crippen LogP contribution in [0.3, 0.4) is 0 Å². The van der Waals surface area contributed by atoms with Crippen molar-refractivity contribution in [1.29, 1.82) is 0 Å². The molecule has 2 aliphatic heterocycles. The van der Waals surface area contributed by atoms with Gasteiger partial charge in [0.05, 0.1) is 21.0 Å². The number of unbranched alkanes of at least 4 members (excludes halogenated alkanes) is 2. The van der Waals surface area contributed by atoms with Crippen LogP contribution >= 0.6 is 43.2 Å². The fourth-order valence-electron chi connectivity index (χ4n) is 3.86. The maximum Gasteiger partial charge on any atom is 0.239 e. The normalized spacial score (nSPS) is 15.9. The standard InChI is InChI=1S/C24H40N6O6S4/c1-15(31)29(2)12-9-20(34)30(13-18(32)27-10-5-3-7-16(21(25)35)23-37-38-23)14-19(33)28-11-6-4-8-17(22(26)36)24-39-40-24/h16-17,23-24H,3-14H2,1-2H3,(H2,25,35)(H2,26,36)(H,27,32)(H,28,33)/t16-,17-/m0/s1. The molecule has 16 heteroatoms. The average Bonchev–Trinajstić information content (AvgIpc) is 3.80. The molecule has 0 unspecified atom stereocenters. The van der Waals surface area contributed by atoms with Gasteiger partial charge in [0.25, 0.3) is 0 Å². The highest BCUT2D eigenvalue weighted by Gasteiger charge is 2.37. The van der Waals surface area contributed by atoms with E-state index in [0.717, 1.165) is 12.8 Å². The molecule has 2 rings (SSSR count). The SMILES string of the molecule is CC(=O)N(C)CCC(=O)N(CC(=O)NCCCC[C@@H](C(N)=O)C1SS1)CC(=O)NCCCC[C@@H](C(N)=O)C1SS1. The van der Waals surface area contributed by atoms with Gasteiger partial charge >= 0.3 is 0 Å². The van der Waals surface area contributed by atoms with Gasteiger partial charge < -0.3 is 31.9 Å². The molecule has 226 valence electrons. The molecule has 2 heterocycles. The van der Waals surface area contributed by atoms with Gasteiger partial charge in [-0.1, -0.05) is 56.0 Å². The summed E-state index contributed by atoms with van der Waals surface area (Å²) in [6, 6.07) is 0. The monoisotopic (exact) mass is 636 g/mol. The van der Waals surface area contributed by atoms with Gasteiger partial charge in [0.1, 0.15) is 13.1 Å². The Morgan fingerprint density at radius 2 is 1.18 bits per heavy atom. The Balaban J connectivity index is 1.75. The number of carbonyl (C=O) groups excluding carboxylic acids is 6. The van der Waals surface area contributed by atoms with Crippen molar-refractivity contribution in [2.75, 3.05) is 39.8 Å². The number of hydrogen-bond donors (Lipinski definition) is 4. The molecule has 6 amide bonds. The first kappa shape index (κ1) is 34.4. The van der Waals surface area contributed by atoms with E-state index in [9.17, 15) is 28.8 Å². The third-order valence-electron chi connectivity index (χ3n) is 6.55. The molecule has 0 aromatic heterocycles. The van der Waals surface area contributed by atoms with Crippen molar-refractivity contribution < 1.29 is 28.8 Å². The molecule has 2 atom stereocenters. The molecule has 6 N–H and O–H groups in total. The highest BCUT2D eigenvalue weighted by molar-refractivity contribution is 8.93. The minimum Gasteiger partial charge on any atom is -0.369 e. The lowest BCUT2D eigenvalue weighted by molar-refractivity contribution is -0.140. The van der Waals surface area contributed by atoms with Gasteiger partial charge in [-0.05, 0) is 25.7 Å². The number of primary amides is 2. The van der Waals surface area contributed by atoms with Crippen molar-refractivity contribution in [2.24, 2.45) is 23.3 Å². The van der Waals surface area contributed by atoms with Gasteiger partial charge in [-0.15, -0.1) is 0 Å². The molecule has 0 bridgehead atoms. The van der Waals surface area contributed by atoms with Crippen molar-refractivity contribution in [3.8, 4) is 0 Å². The van der Waals surface area contributed by atoms with E-state index in [-0.39, 0.29) is 64.8 Å². The molecular weight excluding hydrogens is 597 g/mol. The maximum atomic E-state index is 12.8. The van der Waals surface area contributed by atoms with Gasteiger partial charge in [-0.25, -0.2) is 0 Å². The number of carbonyl (C=O) groups is 6. The predicted octanol–water partition coefficient (Wildman–Crippen LogP) is 0.902. The molecule has 2 aliphatic rings. The number of nitrogens with two attached hydrogens (primary N) is 2. The molecule has 2 saturated heterocycles. The van der Waals surface area contributed by atoms with E-state index < -0.39 is 17.7 Å². The number of amides is 6. The van der Waals surface area contributed by atoms with Crippen LogP contribution in [0.25, 0.3) is 0 Å². The quantitative estimate of drug-likeness (QED) is 0.0802. The second-order valence-electron chi connectivity index (χ2n) is 9.77. The van der Waals surface area contributed by atoms with Crippen LogP contribution in [0.4, 0.5) is 0 Å². The summed E-state index contributed by atoms with van der Waals surface area (Å²) in [6.07, 6.45) is 4.07. The largest absolute Gasteiger partial charge is 0.369 e. The Bertz CT molecular complexity index is 866. The Morgan fingerprint density at radius 3 is 1.52 bits per heavy atom. The lowest BCUT2D eigenvalue weighted by atomic mass is 10.0. The van der Waals surface area contributed by atoms with Crippen LogP contribution in [0.1, 0.15) is 51.9 Å². The molecule has 40 heavy (non-hydrogen) atoms. The number of hydrogen-bond acceptors (Lipinski definition) is 10. The highest BCUT2D eigenvalue weighted by atomic mass is 33.2. The zero-order valence-corrected chi connectivity index (χ0v) is 26.2. The summed E-state index contributed by atoms with van der Waals surface area (Å²) in [6.45, 7) is 1.75. The van der Waals surface area contributed by atoms with Crippen LogP contribution in [0, 0.1) is 11.8 Å². The fraction of sp³-hybridized carbons (Fsp3) is 0.750. The first-order valence-corrected chi connectivity index (χ1v) is 17.8. The molecule has 0 aromatic carbocycles. The summed E-state index contributed by atoms with van der Waals surface area (Å²) >= 11 is 0. The molecule has 0 spiro atoms. The van der Waals surface area contributed by atoms with E-state index in [2.05, 4.69) is 10.6 Å². The van der Waals surface area contributed by atoms with Gasteiger partial charge in [-0.3, -0.25) is 28.8 Å². The fourth-order valence-corrected chi connectivity index (χ4v) is 7.60. The van der Waals surface area contributed by atoms with Crippen LogP contribution < -0.4 is 22.1 Å². The van der Waals surface area contributed by atoms with Crippen molar-refractivity contribution in [3.05, 3.63) is 0 Å². The molecule has 0 radical (unpaired) electrons. The van der Waals surface area contributed by atoms with Crippen molar-refractivity contribution in [1.82, 2.24) is 20.4 Å². The molecule has 0 aliphatic carbocycles. The Labute approximate surface area is 251 Å². The second kappa shape index (κ2) is 17.9. The molecule has 2 fully saturated rings. The first-order chi connectivity index (χ1) is 19.0. The zero-order chi connectivity index (χ0) is 29.7. The minimum atomic E-state index is -0.411. The van der Waals surface area contributed by atoms with E-state index in [0.29, 0.717) is 38.8 Å². The Morgan fingerprint density at radius 1 is 0.750 bits per heavy atom. The van der Waals surface area contributed by atoms with Crippen LogP contribution in [0.2, 0.25) is 0 Å². The molecule has 0 saturated carbocycles. The summed E-state index contributed by atoms with van der Waals surface area (Å²) in [7, 11) is 8.15. The average molecular weight is 637 g/mol. The Hall–Kier alpha value is -1.78. The lowest BCUT2D eigenvalue weighted by Crippen LogP contribution is -2.46.